The van der Waals surface area contributed by atoms with Crippen LogP contribution in [0.3, 0.4) is 0 Å². The van der Waals surface area contributed by atoms with Crippen molar-refractivity contribution < 1.29 is 9.90 Å². The Bertz CT molecular complexity index is 279. The van der Waals surface area contributed by atoms with Crippen LogP contribution in [-0.2, 0) is 4.79 Å². The number of hydrogen-bond acceptors (Lipinski definition) is 3. The summed E-state index contributed by atoms with van der Waals surface area (Å²) in [5.41, 5.74) is 1.96. The van der Waals surface area contributed by atoms with Crippen molar-refractivity contribution in [2.45, 2.75) is 33.2 Å². The third-order valence-electron chi connectivity index (χ3n) is 2.86. The Morgan fingerprint density at radius 3 is 2.50 bits per heavy atom. The highest BCUT2D eigenvalue weighted by molar-refractivity contribution is 5.94. The van der Waals surface area contributed by atoms with Crippen LogP contribution in [0.5, 0.6) is 0 Å². The fourth-order valence-electron chi connectivity index (χ4n) is 1.72. The molecule has 1 aliphatic rings. The summed E-state index contributed by atoms with van der Waals surface area (Å²) in [5, 5.41) is 15.2. The molecule has 1 heterocycles. The first-order valence-corrected chi connectivity index (χ1v) is 5.85. The Morgan fingerprint density at radius 2 is 2.12 bits per heavy atom. The van der Waals surface area contributed by atoms with Gasteiger partial charge in [-0.15, -0.1) is 0 Å². The SMILES string of the molecule is CC(C(=O)NC(CO)CC(C)C)=C1CNC1. The fraction of sp³-hybridized carbons (Fsp3) is 0.750. The quantitative estimate of drug-likeness (QED) is 0.596. The second-order valence-electron chi connectivity index (χ2n) is 4.81. The van der Waals surface area contributed by atoms with E-state index in [1.807, 2.05) is 6.92 Å². The van der Waals surface area contributed by atoms with Crippen LogP contribution in [0, 0.1) is 5.92 Å². The zero-order valence-corrected chi connectivity index (χ0v) is 10.3. The van der Waals surface area contributed by atoms with Crippen LogP contribution >= 0.6 is 0 Å². The molecule has 4 nitrogen and oxygen atoms in total. The number of carbonyl (C=O) groups excluding carboxylic acids is 1. The molecule has 16 heavy (non-hydrogen) atoms. The summed E-state index contributed by atoms with van der Waals surface area (Å²) in [6, 6.07) is -0.129. The van der Waals surface area contributed by atoms with Crippen molar-refractivity contribution >= 4 is 5.91 Å². The highest BCUT2D eigenvalue weighted by Crippen LogP contribution is 2.10. The van der Waals surface area contributed by atoms with Gasteiger partial charge in [0.15, 0.2) is 0 Å². The number of rotatable bonds is 5. The molecule has 1 amide bonds. The molecule has 1 fully saturated rings. The fourth-order valence-corrected chi connectivity index (χ4v) is 1.72. The summed E-state index contributed by atoms with van der Waals surface area (Å²) in [7, 11) is 0. The molecule has 0 bridgehead atoms. The highest BCUT2D eigenvalue weighted by Gasteiger charge is 2.18. The molecule has 0 aromatic heterocycles. The highest BCUT2D eigenvalue weighted by atomic mass is 16.3. The second kappa shape index (κ2) is 6.01. The summed E-state index contributed by atoms with van der Waals surface area (Å²) in [6.45, 7) is 7.63. The number of amides is 1. The molecule has 0 aromatic carbocycles. The molecule has 0 aromatic rings. The van der Waals surface area contributed by atoms with E-state index in [1.54, 1.807) is 0 Å². The number of carbonyl (C=O) groups is 1. The third-order valence-corrected chi connectivity index (χ3v) is 2.86. The van der Waals surface area contributed by atoms with E-state index in [-0.39, 0.29) is 18.6 Å². The van der Waals surface area contributed by atoms with Gasteiger partial charge in [0.05, 0.1) is 12.6 Å². The summed E-state index contributed by atoms with van der Waals surface area (Å²) >= 11 is 0. The van der Waals surface area contributed by atoms with Gasteiger partial charge in [-0.3, -0.25) is 4.79 Å². The van der Waals surface area contributed by atoms with E-state index in [2.05, 4.69) is 24.5 Å². The standard InChI is InChI=1S/C12H22N2O2/c1-8(2)4-11(7-15)14-12(16)9(3)10-5-13-6-10/h8,11,13,15H,4-7H2,1-3H3,(H,14,16). The second-order valence-corrected chi connectivity index (χ2v) is 4.81. The minimum Gasteiger partial charge on any atom is -0.394 e. The van der Waals surface area contributed by atoms with Crippen LogP contribution in [0.15, 0.2) is 11.1 Å². The number of hydrogen-bond donors (Lipinski definition) is 3. The molecule has 1 atom stereocenters. The van der Waals surface area contributed by atoms with Crippen molar-refractivity contribution in [1.82, 2.24) is 10.6 Å². The van der Waals surface area contributed by atoms with E-state index in [4.69, 9.17) is 0 Å². The van der Waals surface area contributed by atoms with E-state index in [9.17, 15) is 9.90 Å². The Hall–Kier alpha value is -0.870. The molecule has 0 aliphatic carbocycles. The molecule has 0 spiro atoms. The van der Waals surface area contributed by atoms with E-state index in [0.717, 1.165) is 25.1 Å². The predicted molar refractivity (Wildman–Crippen MR) is 64.0 cm³/mol. The van der Waals surface area contributed by atoms with Gasteiger partial charge >= 0.3 is 0 Å². The Balaban J connectivity index is 2.48. The first kappa shape index (κ1) is 13.2. The van der Waals surface area contributed by atoms with Crippen LogP contribution in [0.1, 0.15) is 27.2 Å². The van der Waals surface area contributed by atoms with Crippen LogP contribution in [0.4, 0.5) is 0 Å². The molecule has 3 N–H and O–H groups in total. The predicted octanol–water partition coefficient (Wildman–Crippen LogP) is 0.429. The number of nitrogens with one attached hydrogen (secondary N) is 2. The average molecular weight is 226 g/mol. The number of aliphatic hydroxyl groups is 1. The van der Waals surface area contributed by atoms with Crippen LogP contribution in [-0.4, -0.2) is 36.8 Å². The van der Waals surface area contributed by atoms with Crippen molar-refractivity contribution in [3.63, 3.8) is 0 Å². The number of aliphatic hydroxyl groups excluding tert-OH is 1. The Kier molecular flexibility index (Phi) is 4.96. The summed E-state index contributed by atoms with van der Waals surface area (Å²) in [6.07, 6.45) is 0.809. The van der Waals surface area contributed by atoms with E-state index in [1.165, 1.54) is 5.57 Å². The topological polar surface area (TPSA) is 61.4 Å². The van der Waals surface area contributed by atoms with Crippen LogP contribution in [0.25, 0.3) is 0 Å². The maximum Gasteiger partial charge on any atom is 0.247 e. The van der Waals surface area contributed by atoms with E-state index in [0.29, 0.717) is 5.92 Å². The molecule has 4 heteroatoms. The van der Waals surface area contributed by atoms with Gasteiger partial charge in [-0.1, -0.05) is 13.8 Å². The largest absolute Gasteiger partial charge is 0.394 e. The normalized spacial score (nSPS) is 16.9. The third kappa shape index (κ3) is 3.61. The van der Waals surface area contributed by atoms with Crippen LogP contribution in [0.2, 0.25) is 0 Å². The monoisotopic (exact) mass is 226 g/mol. The van der Waals surface area contributed by atoms with Crippen molar-refractivity contribution in [3.8, 4) is 0 Å². The lowest BCUT2D eigenvalue weighted by atomic mass is 10.0. The Morgan fingerprint density at radius 1 is 1.50 bits per heavy atom. The average Bonchev–Trinajstić information content (AvgIpc) is 2.13. The van der Waals surface area contributed by atoms with Crippen LogP contribution < -0.4 is 10.6 Å². The lowest BCUT2D eigenvalue weighted by Crippen LogP contribution is -2.42. The first-order valence-electron chi connectivity index (χ1n) is 5.85. The maximum absolute atomic E-state index is 11.8. The van der Waals surface area contributed by atoms with Gasteiger partial charge < -0.3 is 15.7 Å². The molecule has 1 unspecified atom stereocenters. The minimum absolute atomic E-state index is 0.00475. The van der Waals surface area contributed by atoms with E-state index < -0.39 is 0 Å². The van der Waals surface area contributed by atoms with E-state index >= 15 is 0 Å². The summed E-state index contributed by atoms with van der Waals surface area (Å²) in [4.78, 5) is 11.8. The maximum atomic E-state index is 11.8. The van der Waals surface area contributed by atoms with Gasteiger partial charge in [-0.05, 0) is 24.8 Å². The smallest absolute Gasteiger partial charge is 0.247 e. The molecule has 1 aliphatic heterocycles. The summed E-state index contributed by atoms with van der Waals surface area (Å²) < 4.78 is 0. The molecule has 92 valence electrons. The van der Waals surface area contributed by atoms with Gasteiger partial charge in [0.1, 0.15) is 0 Å². The van der Waals surface area contributed by atoms with Gasteiger partial charge in [-0.2, -0.15) is 0 Å². The van der Waals surface area contributed by atoms with Gasteiger partial charge in [0.2, 0.25) is 5.91 Å². The first-order chi connectivity index (χ1) is 7.54. The molecular weight excluding hydrogens is 204 g/mol. The van der Waals surface area contributed by atoms with Crippen molar-refractivity contribution in [2.75, 3.05) is 19.7 Å². The lowest BCUT2D eigenvalue weighted by molar-refractivity contribution is -0.118. The Labute approximate surface area is 97.1 Å². The molecule has 1 rings (SSSR count). The minimum atomic E-state index is -0.129. The van der Waals surface area contributed by atoms with Crippen molar-refractivity contribution in [2.24, 2.45) is 5.92 Å². The lowest BCUT2D eigenvalue weighted by Gasteiger charge is -2.23. The molecular formula is C12H22N2O2. The summed E-state index contributed by atoms with van der Waals surface area (Å²) in [5.74, 6) is 0.423. The van der Waals surface area contributed by atoms with Crippen molar-refractivity contribution in [3.05, 3.63) is 11.1 Å². The zero-order chi connectivity index (χ0) is 12.1. The molecule has 0 radical (unpaired) electrons. The van der Waals surface area contributed by atoms with Gasteiger partial charge in [-0.25, -0.2) is 0 Å². The zero-order valence-electron chi connectivity index (χ0n) is 10.3. The molecule has 1 saturated heterocycles. The van der Waals surface area contributed by atoms with Crippen molar-refractivity contribution in [1.29, 1.82) is 0 Å². The van der Waals surface area contributed by atoms with Gasteiger partial charge in [0.25, 0.3) is 0 Å². The van der Waals surface area contributed by atoms with Gasteiger partial charge in [0, 0.05) is 18.7 Å². The molecule has 0 saturated carbocycles.